The smallest absolute Gasteiger partial charge is 0.262 e. The van der Waals surface area contributed by atoms with Crippen LogP contribution in [0.3, 0.4) is 0 Å². The monoisotopic (exact) mass is 476 g/mol. The van der Waals surface area contributed by atoms with Gasteiger partial charge in [-0.3, -0.25) is 9.52 Å². The molecule has 0 spiro atoms. The molecule has 0 heterocycles. The third-order valence-corrected chi connectivity index (χ3v) is 5.95. The van der Waals surface area contributed by atoms with Crippen LogP contribution in [-0.4, -0.2) is 35.2 Å². The molecule has 0 aromatic heterocycles. The Kier molecular flexibility index (Phi) is 7.45. The van der Waals surface area contributed by atoms with Gasteiger partial charge in [0, 0.05) is 11.8 Å². The maximum Gasteiger partial charge on any atom is 0.262 e. The maximum atomic E-state index is 12.6. The van der Waals surface area contributed by atoms with Gasteiger partial charge in [0.1, 0.15) is 17.2 Å². The van der Waals surface area contributed by atoms with E-state index in [-0.39, 0.29) is 22.4 Å². The van der Waals surface area contributed by atoms with Crippen molar-refractivity contribution in [1.29, 1.82) is 0 Å². The molecular weight excluding hydrogens is 456 g/mol. The third kappa shape index (κ3) is 6.05. The second kappa shape index (κ2) is 10.3. The second-order valence-corrected chi connectivity index (χ2v) is 8.58. The fourth-order valence-corrected chi connectivity index (χ4v) is 4.01. The predicted octanol–water partition coefficient (Wildman–Crippen LogP) is 4.18. The molecule has 0 aliphatic rings. The molecule has 10 heteroatoms. The van der Waals surface area contributed by atoms with Gasteiger partial charge in [-0.05, 0) is 54.6 Å². The third-order valence-electron chi connectivity index (χ3n) is 4.26. The number of sulfonamides is 1. The number of nitrogens with one attached hydrogen (secondary N) is 2. The van der Waals surface area contributed by atoms with Gasteiger partial charge in [0.25, 0.3) is 15.9 Å². The van der Waals surface area contributed by atoms with E-state index < -0.39 is 10.0 Å². The molecular formula is C22H21ClN2O6S. The molecule has 0 atom stereocenters. The Morgan fingerprint density at radius 1 is 0.906 bits per heavy atom. The van der Waals surface area contributed by atoms with E-state index in [1.807, 2.05) is 0 Å². The summed E-state index contributed by atoms with van der Waals surface area (Å²) in [5, 5.41) is 2.97. The summed E-state index contributed by atoms with van der Waals surface area (Å²) in [6.45, 7) is -0.244. The summed E-state index contributed by atoms with van der Waals surface area (Å²) in [7, 11) is -0.835. The van der Waals surface area contributed by atoms with Crippen molar-refractivity contribution in [1.82, 2.24) is 0 Å². The highest BCUT2D eigenvalue weighted by atomic mass is 35.5. The van der Waals surface area contributed by atoms with Crippen molar-refractivity contribution in [3.8, 4) is 17.2 Å². The molecule has 8 nitrogen and oxygen atoms in total. The van der Waals surface area contributed by atoms with Crippen molar-refractivity contribution < 1.29 is 27.4 Å². The number of hydrogen-bond donors (Lipinski definition) is 2. The van der Waals surface area contributed by atoms with Crippen molar-refractivity contribution in [2.45, 2.75) is 4.90 Å². The normalized spacial score (nSPS) is 10.8. The van der Waals surface area contributed by atoms with Crippen LogP contribution in [0.15, 0.2) is 71.6 Å². The summed E-state index contributed by atoms with van der Waals surface area (Å²) in [6.07, 6.45) is 0. The van der Waals surface area contributed by atoms with Crippen LogP contribution in [0.2, 0.25) is 5.02 Å². The van der Waals surface area contributed by atoms with E-state index in [9.17, 15) is 13.2 Å². The van der Waals surface area contributed by atoms with Crippen LogP contribution in [0.5, 0.6) is 17.2 Å². The van der Waals surface area contributed by atoms with Gasteiger partial charge >= 0.3 is 0 Å². The Balaban J connectivity index is 1.59. The van der Waals surface area contributed by atoms with E-state index in [0.717, 1.165) is 0 Å². The zero-order valence-electron chi connectivity index (χ0n) is 17.3. The Morgan fingerprint density at radius 2 is 1.66 bits per heavy atom. The van der Waals surface area contributed by atoms with Gasteiger partial charge in [-0.1, -0.05) is 17.7 Å². The Hall–Kier alpha value is -3.43. The summed E-state index contributed by atoms with van der Waals surface area (Å²) in [6, 6.07) is 17.2. The molecule has 3 rings (SSSR count). The Morgan fingerprint density at radius 3 is 2.31 bits per heavy atom. The van der Waals surface area contributed by atoms with Gasteiger partial charge in [-0.2, -0.15) is 0 Å². The van der Waals surface area contributed by atoms with Crippen LogP contribution < -0.4 is 24.2 Å². The number of ether oxygens (including phenoxy) is 3. The lowest BCUT2D eigenvalue weighted by atomic mass is 10.3. The van der Waals surface area contributed by atoms with Crippen LogP contribution in [0.1, 0.15) is 0 Å². The molecule has 0 saturated carbocycles. The van der Waals surface area contributed by atoms with Crippen LogP contribution in [0, 0.1) is 0 Å². The average molecular weight is 477 g/mol. The standard InChI is InChI=1S/C22H21ClN2O6S/c1-29-18-5-3-4-15(12-18)24-22(26)14-31-17-7-9-19(10-8-17)32(27,28)25-16-6-11-21(30-2)20(23)13-16/h3-13,25H,14H2,1-2H3,(H,24,26). The maximum absolute atomic E-state index is 12.6. The highest BCUT2D eigenvalue weighted by molar-refractivity contribution is 7.92. The van der Waals surface area contributed by atoms with E-state index in [0.29, 0.717) is 28.6 Å². The SMILES string of the molecule is COc1cccc(NC(=O)COc2ccc(S(=O)(=O)Nc3ccc(OC)c(Cl)c3)cc2)c1. The van der Waals surface area contributed by atoms with Gasteiger partial charge in [-0.15, -0.1) is 0 Å². The molecule has 0 bridgehead atoms. The summed E-state index contributed by atoms with van der Waals surface area (Å²) in [5.74, 6) is 1.03. The number of benzene rings is 3. The lowest BCUT2D eigenvalue weighted by Crippen LogP contribution is -2.20. The van der Waals surface area contributed by atoms with Crippen molar-refractivity contribution in [2.75, 3.05) is 30.9 Å². The highest BCUT2D eigenvalue weighted by Gasteiger charge is 2.15. The van der Waals surface area contributed by atoms with E-state index in [1.54, 1.807) is 36.4 Å². The minimum absolute atomic E-state index is 0.0256. The van der Waals surface area contributed by atoms with Crippen LogP contribution in [-0.2, 0) is 14.8 Å². The van der Waals surface area contributed by atoms with Crippen molar-refractivity contribution in [3.05, 3.63) is 71.8 Å². The Bertz CT molecular complexity index is 1200. The molecule has 0 unspecified atom stereocenters. The van der Waals surface area contributed by atoms with E-state index >= 15 is 0 Å². The van der Waals surface area contributed by atoms with E-state index in [4.69, 9.17) is 25.8 Å². The number of halogens is 1. The van der Waals surface area contributed by atoms with Gasteiger partial charge in [0.2, 0.25) is 0 Å². The fraction of sp³-hybridized carbons (Fsp3) is 0.136. The zero-order chi connectivity index (χ0) is 23.1. The lowest BCUT2D eigenvalue weighted by Gasteiger charge is -2.11. The topological polar surface area (TPSA) is 103 Å². The minimum atomic E-state index is -3.84. The first-order valence-electron chi connectivity index (χ1n) is 9.34. The predicted molar refractivity (Wildman–Crippen MR) is 122 cm³/mol. The van der Waals surface area contributed by atoms with Gasteiger partial charge < -0.3 is 19.5 Å². The number of amides is 1. The summed E-state index contributed by atoms with van der Waals surface area (Å²) in [5.41, 5.74) is 0.870. The van der Waals surface area contributed by atoms with Crippen LogP contribution >= 0.6 is 11.6 Å². The van der Waals surface area contributed by atoms with Crippen LogP contribution in [0.4, 0.5) is 11.4 Å². The first kappa shape index (κ1) is 23.2. The molecule has 3 aromatic carbocycles. The molecule has 0 aliphatic carbocycles. The summed E-state index contributed by atoms with van der Waals surface area (Å²) >= 11 is 6.04. The molecule has 2 N–H and O–H groups in total. The summed E-state index contributed by atoms with van der Waals surface area (Å²) in [4.78, 5) is 12.1. The zero-order valence-corrected chi connectivity index (χ0v) is 18.9. The molecule has 0 aliphatic heterocycles. The molecule has 32 heavy (non-hydrogen) atoms. The van der Waals surface area contributed by atoms with Crippen molar-refractivity contribution >= 4 is 38.9 Å². The number of carbonyl (C=O) groups is 1. The number of rotatable bonds is 9. The summed E-state index contributed by atoms with van der Waals surface area (Å²) < 4.78 is 43.2. The first-order chi connectivity index (χ1) is 15.3. The molecule has 0 fully saturated rings. The second-order valence-electron chi connectivity index (χ2n) is 6.50. The average Bonchev–Trinajstić information content (AvgIpc) is 2.78. The quantitative estimate of drug-likeness (QED) is 0.480. The lowest BCUT2D eigenvalue weighted by molar-refractivity contribution is -0.118. The Labute approximate surface area is 191 Å². The minimum Gasteiger partial charge on any atom is -0.497 e. The van der Waals surface area contributed by atoms with Gasteiger partial charge in [0.05, 0.1) is 29.8 Å². The number of hydrogen-bond acceptors (Lipinski definition) is 6. The molecule has 3 aromatic rings. The van der Waals surface area contributed by atoms with E-state index in [2.05, 4.69) is 10.0 Å². The number of methoxy groups -OCH3 is 2. The van der Waals surface area contributed by atoms with E-state index in [1.165, 1.54) is 44.6 Å². The first-order valence-corrected chi connectivity index (χ1v) is 11.2. The largest absolute Gasteiger partial charge is 0.497 e. The molecule has 0 radical (unpaired) electrons. The van der Waals surface area contributed by atoms with Gasteiger partial charge in [-0.25, -0.2) is 8.42 Å². The molecule has 1 amide bonds. The highest BCUT2D eigenvalue weighted by Crippen LogP contribution is 2.28. The number of anilines is 2. The fourth-order valence-electron chi connectivity index (χ4n) is 2.71. The molecule has 168 valence electrons. The van der Waals surface area contributed by atoms with Crippen molar-refractivity contribution in [3.63, 3.8) is 0 Å². The van der Waals surface area contributed by atoms with Gasteiger partial charge in [0.15, 0.2) is 6.61 Å². The molecule has 0 saturated heterocycles. The van der Waals surface area contributed by atoms with Crippen molar-refractivity contribution in [2.24, 2.45) is 0 Å². The van der Waals surface area contributed by atoms with Crippen LogP contribution in [0.25, 0.3) is 0 Å². The number of carbonyl (C=O) groups excluding carboxylic acids is 1.